The molecule has 1 amide bonds. The van der Waals surface area contributed by atoms with Gasteiger partial charge >= 0.3 is 6.09 Å². The van der Waals surface area contributed by atoms with Crippen molar-refractivity contribution < 1.29 is 13.9 Å². The fraction of sp³-hybridized carbons (Fsp3) is 0.684. The SMILES string of the molecule is CCNC(=NCc1ccco1)NCC1CCN(C(=O)OC(C)(C)C)CC1.I. The summed E-state index contributed by atoms with van der Waals surface area (Å²) in [4.78, 5) is 18.5. The van der Waals surface area contributed by atoms with Crippen molar-refractivity contribution >= 4 is 36.0 Å². The Kier molecular flexibility index (Phi) is 9.97. The first kappa shape index (κ1) is 23.6. The number of piperidine rings is 1. The van der Waals surface area contributed by atoms with Gasteiger partial charge in [-0.15, -0.1) is 24.0 Å². The van der Waals surface area contributed by atoms with Crippen molar-refractivity contribution in [2.75, 3.05) is 26.2 Å². The molecule has 1 fully saturated rings. The van der Waals surface area contributed by atoms with Gasteiger partial charge in [-0.1, -0.05) is 0 Å². The predicted molar refractivity (Wildman–Crippen MR) is 117 cm³/mol. The van der Waals surface area contributed by atoms with Crippen LogP contribution in [-0.4, -0.2) is 48.7 Å². The second-order valence-electron chi connectivity index (χ2n) is 7.57. The second-order valence-corrected chi connectivity index (χ2v) is 7.57. The zero-order valence-corrected chi connectivity index (χ0v) is 19.1. The molecule has 1 aromatic heterocycles. The van der Waals surface area contributed by atoms with Crippen LogP contribution >= 0.6 is 24.0 Å². The Morgan fingerprint density at radius 1 is 1.33 bits per heavy atom. The molecule has 1 saturated heterocycles. The molecule has 2 heterocycles. The van der Waals surface area contributed by atoms with E-state index >= 15 is 0 Å². The molecule has 0 bridgehead atoms. The van der Waals surface area contributed by atoms with E-state index in [9.17, 15) is 4.79 Å². The number of amides is 1. The van der Waals surface area contributed by atoms with Crippen LogP contribution in [-0.2, 0) is 11.3 Å². The second kappa shape index (κ2) is 11.4. The minimum absolute atomic E-state index is 0. The van der Waals surface area contributed by atoms with Gasteiger partial charge in [0.15, 0.2) is 5.96 Å². The largest absolute Gasteiger partial charge is 0.467 e. The van der Waals surface area contributed by atoms with Gasteiger partial charge in [0.2, 0.25) is 0 Å². The van der Waals surface area contributed by atoms with Gasteiger partial charge in [-0.25, -0.2) is 9.79 Å². The molecule has 27 heavy (non-hydrogen) atoms. The summed E-state index contributed by atoms with van der Waals surface area (Å²) in [6.07, 6.45) is 3.37. The molecule has 8 heteroatoms. The monoisotopic (exact) mass is 492 g/mol. The minimum Gasteiger partial charge on any atom is -0.467 e. The van der Waals surface area contributed by atoms with Crippen molar-refractivity contribution in [2.24, 2.45) is 10.9 Å². The summed E-state index contributed by atoms with van der Waals surface area (Å²) >= 11 is 0. The summed E-state index contributed by atoms with van der Waals surface area (Å²) in [5.41, 5.74) is -0.444. The standard InChI is InChI=1S/C19H32N4O3.HI/c1-5-20-17(22-14-16-7-6-12-25-16)21-13-15-8-10-23(11-9-15)18(24)26-19(2,3)4;/h6-7,12,15H,5,8-11,13-14H2,1-4H3,(H2,20,21,22);1H. The third kappa shape index (κ3) is 8.85. The Morgan fingerprint density at radius 3 is 2.59 bits per heavy atom. The van der Waals surface area contributed by atoms with Gasteiger partial charge in [-0.2, -0.15) is 0 Å². The summed E-state index contributed by atoms with van der Waals surface area (Å²) in [6.45, 7) is 11.4. The zero-order chi connectivity index (χ0) is 19.0. The van der Waals surface area contributed by atoms with Crippen LogP contribution in [0.15, 0.2) is 27.8 Å². The lowest BCUT2D eigenvalue weighted by molar-refractivity contribution is 0.0185. The maximum absolute atomic E-state index is 12.1. The van der Waals surface area contributed by atoms with E-state index in [1.165, 1.54) is 0 Å². The van der Waals surface area contributed by atoms with Crippen LogP contribution in [0.1, 0.15) is 46.3 Å². The molecule has 2 rings (SSSR count). The van der Waals surface area contributed by atoms with Gasteiger partial charge < -0.3 is 24.7 Å². The molecule has 0 unspecified atom stereocenters. The number of hydrogen-bond acceptors (Lipinski definition) is 4. The van der Waals surface area contributed by atoms with Crippen LogP contribution in [0.2, 0.25) is 0 Å². The van der Waals surface area contributed by atoms with Crippen molar-refractivity contribution in [1.29, 1.82) is 0 Å². The van der Waals surface area contributed by atoms with E-state index in [1.807, 2.05) is 39.8 Å². The molecule has 0 atom stereocenters. The molecule has 1 aromatic rings. The molecular formula is C19H33IN4O3. The van der Waals surface area contributed by atoms with Crippen molar-refractivity contribution in [3.8, 4) is 0 Å². The maximum Gasteiger partial charge on any atom is 0.410 e. The van der Waals surface area contributed by atoms with Crippen molar-refractivity contribution in [3.05, 3.63) is 24.2 Å². The van der Waals surface area contributed by atoms with Crippen LogP contribution < -0.4 is 10.6 Å². The highest BCUT2D eigenvalue weighted by Crippen LogP contribution is 2.19. The lowest BCUT2D eigenvalue weighted by Gasteiger charge is -2.33. The molecule has 0 saturated carbocycles. The Balaban J connectivity index is 0.00000364. The smallest absolute Gasteiger partial charge is 0.410 e. The molecular weight excluding hydrogens is 459 g/mol. The van der Waals surface area contributed by atoms with E-state index in [2.05, 4.69) is 15.6 Å². The summed E-state index contributed by atoms with van der Waals surface area (Å²) in [5.74, 6) is 2.15. The first-order valence-corrected chi connectivity index (χ1v) is 9.40. The molecule has 1 aliphatic rings. The molecule has 0 aromatic carbocycles. The number of nitrogens with zero attached hydrogens (tertiary/aromatic N) is 2. The first-order valence-electron chi connectivity index (χ1n) is 9.40. The molecule has 154 valence electrons. The number of guanidine groups is 1. The molecule has 0 radical (unpaired) electrons. The van der Waals surface area contributed by atoms with Gasteiger partial charge in [0.1, 0.15) is 17.9 Å². The summed E-state index contributed by atoms with van der Waals surface area (Å²) in [6, 6.07) is 3.78. The van der Waals surface area contributed by atoms with Gasteiger partial charge in [0, 0.05) is 26.2 Å². The number of carbonyl (C=O) groups is 1. The number of likely N-dealkylation sites (tertiary alicyclic amines) is 1. The maximum atomic E-state index is 12.1. The van der Waals surface area contributed by atoms with Crippen LogP contribution in [0.4, 0.5) is 4.79 Å². The Bertz CT molecular complexity index is 576. The van der Waals surface area contributed by atoms with Crippen LogP contribution in [0.25, 0.3) is 0 Å². The average molecular weight is 492 g/mol. The topological polar surface area (TPSA) is 79.1 Å². The van der Waals surface area contributed by atoms with Gasteiger partial charge in [-0.3, -0.25) is 0 Å². The molecule has 2 N–H and O–H groups in total. The summed E-state index contributed by atoms with van der Waals surface area (Å²) < 4.78 is 10.8. The quantitative estimate of drug-likeness (QED) is 0.373. The number of hydrogen-bond donors (Lipinski definition) is 2. The fourth-order valence-electron chi connectivity index (χ4n) is 2.79. The van der Waals surface area contributed by atoms with E-state index in [0.29, 0.717) is 12.5 Å². The summed E-state index contributed by atoms with van der Waals surface area (Å²) in [7, 11) is 0. The number of furan rings is 1. The number of carbonyl (C=O) groups excluding carboxylic acids is 1. The van der Waals surface area contributed by atoms with Crippen LogP contribution in [0.3, 0.4) is 0 Å². The van der Waals surface area contributed by atoms with Crippen molar-refractivity contribution in [1.82, 2.24) is 15.5 Å². The minimum atomic E-state index is -0.444. The molecule has 7 nitrogen and oxygen atoms in total. The Morgan fingerprint density at radius 2 is 2.04 bits per heavy atom. The van der Waals surface area contributed by atoms with E-state index in [1.54, 1.807) is 11.2 Å². The molecule has 0 aliphatic carbocycles. The molecule has 1 aliphatic heterocycles. The van der Waals surface area contributed by atoms with Gasteiger partial charge in [-0.05, 0) is 58.6 Å². The van der Waals surface area contributed by atoms with E-state index < -0.39 is 5.60 Å². The predicted octanol–water partition coefficient (Wildman–Crippen LogP) is 3.60. The van der Waals surface area contributed by atoms with Crippen LogP contribution in [0.5, 0.6) is 0 Å². The first-order chi connectivity index (χ1) is 12.4. The number of nitrogens with one attached hydrogen (secondary N) is 2. The van der Waals surface area contributed by atoms with Gasteiger partial charge in [0.05, 0.1) is 6.26 Å². The lowest BCUT2D eigenvalue weighted by atomic mass is 9.97. The van der Waals surface area contributed by atoms with E-state index in [4.69, 9.17) is 9.15 Å². The third-order valence-electron chi connectivity index (χ3n) is 4.14. The Hall–Kier alpha value is -1.45. The number of rotatable bonds is 5. The third-order valence-corrected chi connectivity index (χ3v) is 4.14. The summed E-state index contributed by atoms with van der Waals surface area (Å²) in [5, 5.41) is 6.65. The normalized spacial score (nSPS) is 15.9. The highest BCUT2D eigenvalue weighted by molar-refractivity contribution is 14.0. The van der Waals surface area contributed by atoms with Crippen LogP contribution in [0, 0.1) is 5.92 Å². The van der Waals surface area contributed by atoms with Gasteiger partial charge in [0.25, 0.3) is 0 Å². The molecule has 0 spiro atoms. The Labute approximate surface area is 179 Å². The number of aliphatic imine (C=N–C) groups is 1. The van der Waals surface area contributed by atoms with Crippen molar-refractivity contribution in [3.63, 3.8) is 0 Å². The fourth-order valence-corrected chi connectivity index (χ4v) is 2.79. The number of ether oxygens (including phenoxy) is 1. The van der Waals surface area contributed by atoms with Crippen molar-refractivity contribution in [2.45, 2.75) is 52.7 Å². The highest BCUT2D eigenvalue weighted by atomic mass is 127. The zero-order valence-electron chi connectivity index (χ0n) is 16.8. The van der Waals surface area contributed by atoms with E-state index in [-0.39, 0.29) is 30.1 Å². The lowest BCUT2D eigenvalue weighted by Crippen LogP contribution is -2.45. The average Bonchev–Trinajstić information content (AvgIpc) is 3.10. The number of halogens is 1. The highest BCUT2D eigenvalue weighted by Gasteiger charge is 2.26. The van der Waals surface area contributed by atoms with E-state index in [0.717, 1.165) is 50.7 Å².